The predicted molar refractivity (Wildman–Crippen MR) is 247 cm³/mol. The Morgan fingerprint density at radius 3 is 2.19 bits per heavy atom. The van der Waals surface area contributed by atoms with Crippen LogP contribution >= 0.6 is 20.5 Å². The third kappa shape index (κ3) is 22.6. The van der Waals surface area contributed by atoms with Crippen molar-refractivity contribution in [2.24, 2.45) is 17.4 Å². The minimum absolute atomic E-state index is 0.0103. The molecule has 2 rings (SSSR count). The van der Waals surface area contributed by atoms with E-state index >= 15 is 0 Å². The van der Waals surface area contributed by atoms with E-state index in [2.05, 4.69) is 49.2 Å². The number of nitrogens with one attached hydrogen (secondary N) is 6. The number of imidazole rings is 1. The summed E-state index contributed by atoms with van der Waals surface area (Å²) in [5.41, 5.74) is 11.5. The third-order valence-corrected chi connectivity index (χ3v) is 11.9. The van der Waals surface area contributed by atoms with Gasteiger partial charge in [-0.3, -0.25) is 42.6 Å². The zero-order chi connectivity index (χ0) is 49.9. The maximum atomic E-state index is 14.0. The van der Waals surface area contributed by atoms with Gasteiger partial charge in [0.1, 0.15) is 30.2 Å². The fourth-order valence-corrected chi connectivity index (χ4v) is 7.95. The molecule has 1 aromatic heterocycles. The standard InChI is InChI=1S/C41H73N10O14PS/c1-5-6-7-8-9-15-64-66(60,61)65-27(4)35(36(43)54)50-40(58)32(23-52)49-39(57)31(21-28-22-44-25-46-28)47-38(56)30(20-26(2)3)48-41(59)33-11-10-14-51(33)34(53)12-16-62-18-19-63-17-13-45-37(55)29(42)24-67/h22,25-27,29-33,35,52,67H,5-21,23-24,42H2,1-4H3,(H2,43,54)(H,44,46)(H,45,55)(H,47,56)(H,48,59)(H,49,57)(H,50,58)(H,60,61)/t27-,29+,30+,31+,32+,33+,35+/m1/s1. The number of likely N-dealkylation sites (tertiary alicyclic amines) is 1. The van der Waals surface area contributed by atoms with E-state index in [0.29, 0.717) is 31.5 Å². The molecule has 67 heavy (non-hydrogen) atoms. The van der Waals surface area contributed by atoms with E-state index in [9.17, 15) is 48.1 Å². The van der Waals surface area contributed by atoms with Crippen LogP contribution in [0.25, 0.3) is 0 Å². The molecule has 1 aromatic rings. The lowest BCUT2D eigenvalue weighted by Gasteiger charge is -2.29. The van der Waals surface area contributed by atoms with Gasteiger partial charge in [0.15, 0.2) is 0 Å². The highest BCUT2D eigenvalue weighted by Gasteiger charge is 2.38. The van der Waals surface area contributed by atoms with Crippen LogP contribution in [0, 0.1) is 5.92 Å². The first-order chi connectivity index (χ1) is 31.8. The number of phosphoric acid groups is 1. The van der Waals surface area contributed by atoms with Crippen molar-refractivity contribution >= 4 is 61.8 Å². The number of rotatable bonds is 35. The topological polar surface area (TPSA) is 358 Å². The number of ether oxygens (including phenoxy) is 2. The number of H-pyrrole nitrogens is 1. The minimum Gasteiger partial charge on any atom is -0.394 e. The highest BCUT2D eigenvalue weighted by molar-refractivity contribution is 7.80. The van der Waals surface area contributed by atoms with Gasteiger partial charge in [0.25, 0.3) is 0 Å². The lowest BCUT2D eigenvalue weighted by atomic mass is 10.0. The fraction of sp³-hybridized carbons (Fsp3) is 0.756. The normalized spacial score (nSPS) is 17.3. The summed E-state index contributed by atoms with van der Waals surface area (Å²) in [5, 5.41) is 22.8. The van der Waals surface area contributed by atoms with Crippen LogP contribution in [-0.4, -0.2) is 167 Å². The van der Waals surface area contributed by atoms with E-state index in [-0.39, 0.29) is 82.3 Å². The lowest BCUT2D eigenvalue weighted by Crippen LogP contribution is -2.61. The minimum atomic E-state index is -4.69. The summed E-state index contributed by atoms with van der Waals surface area (Å²) in [4.78, 5) is 111. The number of aliphatic hydroxyl groups excluding tert-OH is 1. The Balaban J connectivity index is 2.05. The van der Waals surface area contributed by atoms with Gasteiger partial charge in [-0.05, 0) is 38.5 Å². The number of amides is 7. The Morgan fingerprint density at radius 2 is 1.57 bits per heavy atom. The zero-order valence-electron chi connectivity index (χ0n) is 38.9. The van der Waals surface area contributed by atoms with Gasteiger partial charge in [-0.15, -0.1) is 0 Å². The molecule has 0 spiro atoms. The molecule has 0 radical (unpaired) electrons. The molecule has 12 N–H and O–H groups in total. The van der Waals surface area contributed by atoms with Gasteiger partial charge in [-0.25, -0.2) is 9.55 Å². The quantitative estimate of drug-likeness (QED) is 0.0214. The molecule has 1 unspecified atom stereocenters. The number of hydrogen-bond donors (Lipinski definition) is 11. The van der Waals surface area contributed by atoms with Crippen LogP contribution in [0.2, 0.25) is 0 Å². The number of hydrogen-bond acceptors (Lipinski definition) is 16. The number of phosphoric ester groups is 1. The van der Waals surface area contributed by atoms with Gasteiger partial charge in [-0.2, -0.15) is 12.6 Å². The van der Waals surface area contributed by atoms with Crippen molar-refractivity contribution in [3.63, 3.8) is 0 Å². The Morgan fingerprint density at radius 1 is 0.910 bits per heavy atom. The van der Waals surface area contributed by atoms with Gasteiger partial charge >= 0.3 is 7.82 Å². The molecular weight excluding hydrogens is 920 g/mol. The van der Waals surface area contributed by atoms with E-state index < -0.39 is 86.3 Å². The van der Waals surface area contributed by atoms with Crippen LogP contribution in [-0.2, 0) is 63.1 Å². The fourth-order valence-electron chi connectivity index (χ4n) is 6.82. The first kappa shape index (κ1) is 58.9. The summed E-state index contributed by atoms with van der Waals surface area (Å²) in [5.74, 6) is -5.09. The van der Waals surface area contributed by atoms with Crippen molar-refractivity contribution in [3.8, 4) is 0 Å². The summed E-state index contributed by atoms with van der Waals surface area (Å²) in [7, 11) is -4.69. The Labute approximate surface area is 397 Å². The summed E-state index contributed by atoms with van der Waals surface area (Å²) in [6.07, 6.45) is 6.29. The summed E-state index contributed by atoms with van der Waals surface area (Å²) in [6.45, 7) is 7.13. The number of aliphatic hydroxyl groups is 1. The number of nitrogens with zero attached hydrogens (tertiary/aromatic N) is 2. The maximum absolute atomic E-state index is 14.0. The van der Waals surface area contributed by atoms with Crippen molar-refractivity contribution in [2.45, 2.75) is 134 Å². The van der Waals surface area contributed by atoms with Gasteiger partial charge in [-0.1, -0.05) is 46.5 Å². The monoisotopic (exact) mass is 992 g/mol. The van der Waals surface area contributed by atoms with E-state index in [4.69, 9.17) is 30.0 Å². The second-order valence-corrected chi connectivity index (χ2v) is 18.3. The van der Waals surface area contributed by atoms with Gasteiger partial charge in [0.05, 0.1) is 64.5 Å². The average Bonchev–Trinajstić information content (AvgIpc) is 4.00. The second-order valence-electron chi connectivity index (χ2n) is 16.5. The molecule has 1 saturated heterocycles. The maximum Gasteiger partial charge on any atom is 0.472 e. The van der Waals surface area contributed by atoms with Gasteiger partial charge in [0.2, 0.25) is 41.4 Å². The number of aromatic amines is 1. The number of aromatic nitrogens is 2. The Kier molecular flexibility index (Phi) is 27.9. The highest BCUT2D eigenvalue weighted by atomic mass is 32.1. The molecule has 26 heteroatoms. The van der Waals surface area contributed by atoms with Crippen LogP contribution in [0.3, 0.4) is 0 Å². The number of primary amides is 1. The second kappa shape index (κ2) is 31.8. The van der Waals surface area contributed by atoms with E-state index in [1.165, 1.54) is 24.3 Å². The predicted octanol–water partition coefficient (Wildman–Crippen LogP) is -1.30. The molecule has 1 fully saturated rings. The number of carbonyl (C=O) groups is 7. The summed E-state index contributed by atoms with van der Waals surface area (Å²) < 4.78 is 33.6. The molecule has 0 saturated carbocycles. The molecule has 2 heterocycles. The lowest BCUT2D eigenvalue weighted by molar-refractivity contribution is -0.140. The smallest absolute Gasteiger partial charge is 0.394 e. The van der Waals surface area contributed by atoms with Gasteiger partial charge in [0, 0.05) is 37.2 Å². The Hall–Kier alpha value is -4.20. The van der Waals surface area contributed by atoms with Gasteiger partial charge < -0.3 is 67.4 Å². The van der Waals surface area contributed by atoms with Crippen LogP contribution in [0.15, 0.2) is 12.5 Å². The van der Waals surface area contributed by atoms with E-state index in [1.54, 1.807) is 0 Å². The zero-order valence-corrected chi connectivity index (χ0v) is 40.7. The molecular formula is C41H73N10O14PS. The van der Waals surface area contributed by atoms with E-state index in [1.807, 2.05) is 20.8 Å². The Bertz CT molecular complexity index is 1750. The van der Waals surface area contributed by atoms with Crippen LogP contribution in [0.4, 0.5) is 0 Å². The molecule has 0 aliphatic carbocycles. The first-order valence-corrected chi connectivity index (χ1v) is 24.8. The first-order valence-electron chi connectivity index (χ1n) is 22.7. The van der Waals surface area contributed by atoms with Crippen molar-refractivity contribution in [1.29, 1.82) is 0 Å². The number of unbranched alkanes of at least 4 members (excludes halogenated alkanes) is 4. The third-order valence-electron chi connectivity index (χ3n) is 10.4. The molecule has 1 aliphatic rings. The molecule has 382 valence electrons. The van der Waals surface area contributed by atoms with Crippen molar-refractivity contribution < 1.29 is 66.6 Å². The molecule has 7 amide bonds. The molecule has 24 nitrogen and oxygen atoms in total. The van der Waals surface area contributed by atoms with Crippen molar-refractivity contribution in [2.75, 3.05) is 58.5 Å². The number of thiol groups is 1. The van der Waals surface area contributed by atoms with E-state index in [0.717, 1.165) is 25.7 Å². The molecule has 8 atom stereocenters. The summed E-state index contributed by atoms with van der Waals surface area (Å²) in [6, 6.07) is -7.57. The van der Waals surface area contributed by atoms with Crippen LogP contribution in [0.5, 0.6) is 0 Å². The molecule has 1 aliphatic heterocycles. The van der Waals surface area contributed by atoms with Crippen LogP contribution < -0.4 is 38.1 Å². The van der Waals surface area contributed by atoms with Crippen molar-refractivity contribution in [1.82, 2.24) is 41.5 Å². The molecule has 0 aromatic carbocycles. The SMILES string of the molecule is CCCCCCCOP(=O)(O)O[C@H](C)[C@H](NC(=O)[C@H](CO)NC(=O)[C@H](Cc1cnc[nH]1)NC(=O)[C@H](CC(C)C)NC(=O)[C@@H]1CCCN1C(=O)CCOCCOCCNC(=O)[C@@H](N)CS)C(N)=O. The average molecular weight is 993 g/mol. The van der Waals surface area contributed by atoms with Crippen LogP contribution in [0.1, 0.15) is 91.2 Å². The summed E-state index contributed by atoms with van der Waals surface area (Å²) >= 11 is 3.98. The largest absolute Gasteiger partial charge is 0.472 e. The number of nitrogens with two attached hydrogens (primary N) is 2. The van der Waals surface area contributed by atoms with Crippen molar-refractivity contribution in [3.05, 3.63) is 18.2 Å². The highest BCUT2D eigenvalue weighted by Crippen LogP contribution is 2.45. The number of carbonyl (C=O) groups excluding carboxylic acids is 7. The molecule has 0 bridgehead atoms.